The molecule has 1 N–H and O–H groups in total. The number of anilines is 1. The molecule has 2 aromatic heterocycles. The van der Waals surface area contributed by atoms with Gasteiger partial charge in [-0.1, -0.05) is 0 Å². The van der Waals surface area contributed by atoms with E-state index in [0.717, 1.165) is 37.4 Å². The Balaban J connectivity index is 1.49. The molecule has 2 heterocycles. The lowest BCUT2D eigenvalue weighted by Gasteiger charge is -2.29. The van der Waals surface area contributed by atoms with Crippen LogP contribution in [0.2, 0.25) is 0 Å². The maximum atomic E-state index is 11.8. The molecule has 7 heteroatoms. The Bertz CT molecular complexity index is 688. The van der Waals surface area contributed by atoms with Crippen molar-refractivity contribution in [1.82, 2.24) is 20.1 Å². The molecule has 0 radical (unpaired) electrons. The molecule has 0 aliphatic heterocycles. The monoisotopic (exact) mass is 333 g/mol. The quantitative estimate of drug-likeness (QED) is 0.907. The Morgan fingerprint density at radius 3 is 2.78 bits per heavy atom. The number of aromatic nitrogens is 3. The van der Waals surface area contributed by atoms with E-state index in [1.54, 1.807) is 34.3 Å². The normalized spacial score (nSPS) is 21.3. The topological polar surface area (TPSA) is 63.1 Å². The van der Waals surface area contributed by atoms with Crippen molar-refractivity contribution >= 4 is 16.5 Å². The third kappa shape index (κ3) is 3.97. The third-order valence-corrected chi connectivity index (χ3v) is 5.44. The van der Waals surface area contributed by atoms with Crippen LogP contribution in [0.5, 0.6) is 0 Å². The van der Waals surface area contributed by atoms with Crippen molar-refractivity contribution in [2.45, 2.75) is 44.3 Å². The van der Waals surface area contributed by atoms with E-state index in [2.05, 4.69) is 15.4 Å². The van der Waals surface area contributed by atoms with Crippen LogP contribution in [0.15, 0.2) is 29.3 Å². The van der Waals surface area contributed by atoms with Crippen LogP contribution in [0, 0.1) is 0 Å². The first-order valence-electron chi connectivity index (χ1n) is 8.03. The summed E-state index contributed by atoms with van der Waals surface area (Å²) < 4.78 is 1.64. The maximum absolute atomic E-state index is 11.8. The SMILES string of the molecule is CN(C)c1ncc(CNC2CCC(n3ncccc3=O)CC2)s1. The molecule has 124 valence electrons. The molecule has 0 spiro atoms. The Labute approximate surface area is 140 Å². The average Bonchev–Trinajstić information content (AvgIpc) is 3.03. The minimum atomic E-state index is 0.00443. The molecular formula is C16H23N5OS. The lowest BCUT2D eigenvalue weighted by atomic mass is 9.91. The van der Waals surface area contributed by atoms with Crippen molar-refractivity contribution in [2.75, 3.05) is 19.0 Å². The summed E-state index contributed by atoms with van der Waals surface area (Å²) in [6.07, 6.45) is 7.80. The van der Waals surface area contributed by atoms with Gasteiger partial charge in [-0.05, 0) is 31.7 Å². The van der Waals surface area contributed by atoms with Crippen molar-refractivity contribution in [3.63, 3.8) is 0 Å². The summed E-state index contributed by atoms with van der Waals surface area (Å²) in [5, 5.41) is 8.87. The lowest BCUT2D eigenvalue weighted by Crippen LogP contribution is -2.36. The van der Waals surface area contributed by atoms with Crippen LogP contribution in [-0.4, -0.2) is 34.9 Å². The Morgan fingerprint density at radius 1 is 1.35 bits per heavy atom. The predicted molar refractivity (Wildman–Crippen MR) is 93.1 cm³/mol. The number of nitrogens with zero attached hydrogens (tertiary/aromatic N) is 4. The van der Waals surface area contributed by atoms with Crippen molar-refractivity contribution in [3.8, 4) is 0 Å². The molecular weight excluding hydrogens is 310 g/mol. The van der Waals surface area contributed by atoms with E-state index in [1.165, 1.54) is 4.88 Å². The molecule has 0 atom stereocenters. The largest absolute Gasteiger partial charge is 0.354 e. The first kappa shape index (κ1) is 16.1. The van der Waals surface area contributed by atoms with Crippen LogP contribution >= 0.6 is 11.3 Å². The fourth-order valence-corrected chi connectivity index (χ4v) is 3.78. The maximum Gasteiger partial charge on any atom is 0.266 e. The standard InChI is InChI=1S/C16H23N5OS/c1-20(2)16-18-11-14(23-16)10-17-12-5-7-13(8-6-12)21-15(22)4-3-9-19-21/h3-4,9,11-13,17H,5-8,10H2,1-2H3. The molecule has 1 aliphatic carbocycles. The minimum Gasteiger partial charge on any atom is -0.354 e. The zero-order chi connectivity index (χ0) is 16.2. The molecule has 6 nitrogen and oxygen atoms in total. The second kappa shape index (κ2) is 7.23. The van der Waals surface area contributed by atoms with Gasteiger partial charge in [0, 0.05) is 50.0 Å². The van der Waals surface area contributed by atoms with E-state index in [9.17, 15) is 4.79 Å². The van der Waals surface area contributed by atoms with Gasteiger partial charge >= 0.3 is 0 Å². The van der Waals surface area contributed by atoms with E-state index < -0.39 is 0 Å². The smallest absolute Gasteiger partial charge is 0.266 e. The van der Waals surface area contributed by atoms with Crippen LogP contribution in [0.3, 0.4) is 0 Å². The highest BCUT2D eigenvalue weighted by molar-refractivity contribution is 7.15. The molecule has 1 saturated carbocycles. The summed E-state index contributed by atoms with van der Waals surface area (Å²) in [7, 11) is 4.02. The zero-order valence-corrected chi connectivity index (χ0v) is 14.4. The summed E-state index contributed by atoms with van der Waals surface area (Å²) in [6.45, 7) is 0.865. The Hall–Kier alpha value is -1.73. The van der Waals surface area contributed by atoms with Gasteiger partial charge in [0.2, 0.25) is 0 Å². The van der Waals surface area contributed by atoms with Gasteiger partial charge in [0.25, 0.3) is 5.56 Å². The van der Waals surface area contributed by atoms with Crippen LogP contribution in [0.4, 0.5) is 5.13 Å². The van der Waals surface area contributed by atoms with Crippen LogP contribution in [-0.2, 0) is 6.54 Å². The van der Waals surface area contributed by atoms with E-state index in [1.807, 2.05) is 25.2 Å². The first-order chi connectivity index (χ1) is 11.1. The fraction of sp³-hybridized carbons (Fsp3) is 0.562. The Morgan fingerprint density at radius 2 is 2.13 bits per heavy atom. The fourth-order valence-electron chi connectivity index (χ4n) is 3.00. The van der Waals surface area contributed by atoms with Gasteiger partial charge in [-0.2, -0.15) is 5.10 Å². The predicted octanol–water partition coefficient (Wildman–Crippen LogP) is 2.04. The summed E-state index contributed by atoms with van der Waals surface area (Å²) in [4.78, 5) is 19.5. The molecule has 3 rings (SSSR count). The average molecular weight is 333 g/mol. The second-order valence-electron chi connectivity index (χ2n) is 6.20. The van der Waals surface area contributed by atoms with Gasteiger partial charge in [0.1, 0.15) is 0 Å². The van der Waals surface area contributed by atoms with Gasteiger partial charge in [0.15, 0.2) is 5.13 Å². The van der Waals surface area contributed by atoms with E-state index in [4.69, 9.17) is 0 Å². The minimum absolute atomic E-state index is 0.00443. The summed E-state index contributed by atoms with van der Waals surface area (Å²) in [5.74, 6) is 0. The molecule has 2 aromatic rings. The highest BCUT2D eigenvalue weighted by Gasteiger charge is 2.23. The summed E-state index contributed by atoms with van der Waals surface area (Å²) in [6, 6.07) is 4.04. The number of rotatable bonds is 5. The highest BCUT2D eigenvalue weighted by atomic mass is 32.1. The first-order valence-corrected chi connectivity index (χ1v) is 8.84. The number of hydrogen-bond donors (Lipinski definition) is 1. The van der Waals surface area contributed by atoms with Gasteiger partial charge < -0.3 is 10.2 Å². The molecule has 0 amide bonds. The highest BCUT2D eigenvalue weighted by Crippen LogP contribution is 2.27. The molecule has 0 bridgehead atoms. The van der Waals surface area contributed by atoms with Crippen LogP contribution in [0.1, 0.15) is 36.6 Å². The van der Waals surface area contributed by atoms with E-state index in [0.29, 0.717) is 6.04 Å². The number of nitrogens with one attached hydrogen (secondary N) is 1. The van der Waals surface area contributed by atoms with E-state index in [-0.39, 0.29) is 11.6 Å². The van der Waals surface area contributed by atoms with E-state index >= 15 is 0 Å². The lowest BCUT2D eigenvalue weighted by molar-refractivity contribution is 0.269. The molecule has 23 heavy (non-hydrogen) atoms. The summed E-state index contributed by atoms with van der Waals surface area (Å²) in [5.41, 5.74) is 0.00443. The van der Waals surface area contributed by atoms with Crippen molar-refractivity contribution in [3.05, 3.63) is 39.8 Å². The van der Waals surface area contributed by atoms with Crippen molar-refractivity contribution < 1.29 is 0 Å². The van der Waals surface area contributed by atoms with Gasteiger partial charge in [-0.15, -0.1) is 11.3 Å². The van der Waals surface area contributed by atoms with Crippen LogP contribution in [0.25, 0.3) is 0 Å². The van der Waals surface area contributed by atoms with Gasteiger partial charge in [-0.3, -0.25) is 4.79 Å². The van der Waals surface area contributed by atoms with Gasteiger partial charge in [0.05, 0.1) is 6.04 Å². The number of hydrogen-bond acceptors (Lipinski definition) is 6. The molecule has 1 fully saturated rings. The molecule has 0 unspecified atom stereocenters. The Kier molecular flexibility index (Phi) is 5.07. The summed E-state index contributed by atoms with van der Waals surface area (Å²) >= 11 is 1.73. The third-order valence-electron chi connectivity index (χ3n) is 4.27. The molecule has 0 saturated heterocycles. The molecule has 0 aromatic carbocycles. The van der Waals surface area contributed by atoms with Crippen molar-refractivity contribution in [2.24, 2.45) is 0 Å². The zero-order valence-electron chi connectivity index (χ0n) is 13.6. The second-order valence-corrected chi connectivity index (χ2v) is 7.29. The van der Waals surface area contributed by atoms with Crippen LogP contribution < -0.4 is 15.8 Å². The number of thiazole rings is 1. The van der Waals surface area contributed by atoms with Gasteiger partial charge in [-0.25, -0.2) is 9.67 Å². The van der Waals surface area contributed by atoms with Crippen molar-refractivity contribution in [1.29, 1.82) is 0 Å². The molecule has 1 aliphatic rings.